The zero-order valence-electron chi connectivity index (χ0n) is 22.9. The molecule has 2 atom stereocenters. The molecule has 0 aliphatic carbocycles. The van der Waals surface area contributed by atoms with Crippen molar-refractivity contribution in [1.29, 1.82) is 0 Å². The third-order valence-electron chi connectivity index (χ3n) is 6.11. The molecular formula is C29H53NO5S. The molecule has 0 saturated carbocycles. The molecule has 6 nitrogen and oxygen atoms in total. The van der Waals surface area contributed by atoms with E-state index in [2.05, 4.69) is 55.6 Å². The van der Waals surface area contributed by atoms with Crippen LogP contribution in [0.15, 0.2) is 36.5 Å². The second-order valence-electron chi connectivity index (χ2n) is 9.65. The summed E-state index contributed by atoms with van der Waals surface area (Å²) in [7, 11) is -4.30. The van der Waals surface area contributed by atoms with Crippen LogP contribution in [-0.4, -0.2) is 41.9 Å². The molecule has 0 spiro atoms. The van der Waals surface area contributed by atoms with Gasteiger partial charge in [-0.05, 0) is 44.9 Å². The van der Waals surface area contributed by atoms with Gasteiger partial charge < -0.3 is 10.4 Å². The molecule has 0 aliphatic rings. The Bertz CT molecular complexity index is 715. The van der Waals surface area contributed by atoms with E-state index in [9.17, 15) is 22.9 Å². The molecule has 36 heavy (non-hydrogen) atoms. The Labute approximate surface area is 221 Å². The molecule has 0 aromatic carbocycles. The molecule has 0 aliphatic heterocycles. The average molecular weight is 528 g/mol. The number of nitrogens with one attached hydrogen (secondary N) is 1. The minimum Gasteiger partial charge on any atom is -0.391 e. The number of carbonyl (C=O) groups is 1. The molecule has 0 saturated heterocycles. The van der Waals surface area contributed by atoms with E-state index in [1.165, 1.54) is 32.1 Å². The first-order valence-electron chi connectivity index (χ1n) is 14.2. The van der Waals surface area contributed by atoms with Gasteiger partial charge in [0.25, 0.3) is 10.1 Å². The van der Waals surface area contributed by atoms with Crippen LogP contribution in [0, 0.1) is 0 Å². The van der Waals surface area contributed by atoms with E-state index >= 15 is 0 Å². The van der Waals surface area contributed by atoms with Crippen LogP contribution in [0.25, 0.3) is 0 Å². The van der Waals surface area contributed by atoms with Gasteiger partial charge in [0.05, 0.1) is 17.9 Å². The van der Waals surface area contributed by atoms with Crippen molar-refractivity contribution in [3.05, 3.63) is 36.5 Å². The number of aliphatic hydroxyl groups is 1. The summed E-state index contributed by atoms with van der Waals surface area (Å²) in [6, 6.07) is -0.981. The van der Waals surface area contributed by atoms with Crippen molar-refractivity contribution < 1.29 is 22.9 Å². The molecule has 0 rings (SSSR count). The number of unbranched alkanes of at least 4 members (excludes halogenated alkanes) is 10. The zero-order valence-corrected chi connectivity index (χ0v) is 23.7. The second-order valence-corrected chi connectivity index (χ2v) is 11.1. The van der Waals surface area contributed by atoms with E-state index in [1.807, 2.05) is 0 Å². The smallest absolute Gasteiger partial charge is 0.266 e. The minimum atomic E-state index is -4.30. The fourth-order valence-electron chi connectivity index (χ4n) is 3.99. The number of hydrogen-bond donors (Lipinski definition) is 3. The minimum absolute atomic E-state index is 0.281. The van der Waals surface area contributed by atoms with Crippen molar-refractivity contribution in [3.63, 3.8) is 0 Å². The highest BCUT2D eigenvalue weighted by molar-refractivity contribution is 7.85. The van der Waals surface area contributed by atoms with Gasteiger partial charge >= 0.3 is 0 Å². The molecule has 210 valence electrons. The first-order chi connectivity index (χ1) is 17.3. The SMILES string of the molecule is CC/C=C\C/C=C\C/C=C\CCCCCC(=O)NC(CS(=O)(=O)O)C(O)CCCCCCCCCC. The number of allylic oxidation sites excluding steroid dienone is 6. The van der Waals surface area contributed by atoms with Crippen LogP contribution in [-0.2, 0) is 14.9 Å². The molecule has 0 bridgehead atoms. The molecule has 1 amide bonds. The zero-order chi connectivity index (χ0) is 26.9. The van der Waals surface area contributed by atoms with Gasteiger partial charge in [-0.2, -0.15) is 8.42 Å². The van der Waals surface area contributed by atoms with Crippen LogP contribution in [0.4, 0.5) is 0 Å². The third kappa shape index (κ3) is 24.3. The van der Waals surface area contributed by atoms with E-state index in [0.29, 0.717) is 12.8 Å². The summed E-state index contributed by atoms with van der Waals surface area (Å²) in [4.78, 5) is 12.3. The average Bonchev–Trinajstić information content (AvgIpc) is 2.82. The Morgan fingerprint density at radius 2 is 1.33 bits per heavy atom. The lowest BCUT2D eigenvalue weighted by atomic mass is 10.0. The maximum absolute atomic E-state index is 12.3. The van der Waals surface area contributed by atoms with E-state index in [-0.39, 0.29) is 12.3 Å². The van der Waals surface area contributed by atoms with Gasteiger partial charge in [0.2, 0.25) is 5.91 Å². The summed E-state index contributed by atoms with van der Waals surface area (Å²) in [6.07, 6.45) is 28.2. The number of amides is 1. The quantitative estimate of drug-likeness (QED) is 0.0708. The Balaban J connectivity index is 4.13. The Kier molecular flexibility index (Phi) is 23.0. The molecule has 0 heterocycles. The van der Waals surface area contributed by atoms with Gasteiger partial charge in [0, 0.05) is 6.42 Å². The predicted octanol–water partition coefficient (Wildman–Crippen LogP) is 7.06. The van der Waals surface area contributed by atoms with E-state index < -0.39 is 28.0 Å². The first kappa shape index (κ1) is 34.6. The summed E-state index contributed by atoms with van der Waals surface area (Å²) >= 11 is 0. The van der Waals surface area contributed by atoms with E-state index in [0.717, 1.165) is 57.8 Å². The summed E-state index contributed by atoms with van der Waals surface area (Å²) in [5, 5.41) is 13.1. The highest BCUT2D eigenvalue weighted by Gasteiger charge is 2.25. The molecule has 0 aromatic heterocycles. The third-order valence-corrected chi connectivity index (χ3v) is 6.89. The largest absolute Gasteiger partial charge is 0.391 e. The van der Waals surface area contributed by atoms with Crippen molar-refractivity contribution in [2.75, 3.05) is 5.75 Å². The normalized spacial score (nSPS) is 14.2. The van der Waals surface area contributed by atoms with Gasteiger partial charge in [-0.1, -0.05) is 108 Å². The lowest BCUT2D eigenvalue weighted by Crippen LogP contribution is -2.47. The van der Waals surface area contributed by atoms with Crippen molar-refractivity contribution in [1.82, 2.24) is 5.32 Å². The number of rotatable bonds is 24. The summed E-state index contributed by atoms with van der Waals surface area (Å²) in [5.74, 6) is -0.943. The Hall–Kier alpha value is -1.44. The summed E-state index contributed by atoms with van der Waals surface area (Å²) in [5.41, 5.74) is 0. The van der Waals surface area contributed by atoms with Crippen molar-refractivity contribution >= 4 is 16.0 Å². The van der Waals surface area contributed by atoms with Gasteiger partial charge in [0.15, 0.2) is 0 Å². The molecular weight excluding hydrogens is 474 g/mol. The number of carbonyl (C=O) groups excluding carboxylic acids is 1. The van der Waals surface area contributed by atoms with Crippen LogP contribution in [0.1, 0.15) is 123 Å². The highest BCUT2D eigenvalue weighted by Crippen LogP contribution is 2.13. The van der Waals surface area contributed by atoms with E-state index in [4.69, 9.17) is 0 Å². The predicted molar refractivity (Wildman–Crippen MR) is 152 cm³/mol. The molecule has 0 fully saturated rings. The molecule has 3 N–H and O–H groups in total. The Morgan fingerprint density at radius 3 is 1.94 bits per heavy atom. The Morgan fingerprint density at radius 1 is 0.778 bits per heavy atom. The molecule has 2 unspecified atom stereocenters. The first-order valence-corrected chi connectivity index (χ1v) is 15.8. The van der Waals surface area contributed by atoms with Crippen molar-refractivity contribution in [3.8, 4) is 0 Å². The van der Waals surface area contributed by atoms with E-state index in [1.54, 1.807) is 0 Å². The van der Waals surface area contributed by atoms with Crippen molar-refractivity contribution in [2.45, 2.75) is 135 Å². The van der Waals surface area contributed by atoms with Crippen LogP contribution >= 0.6 is 0 Å². The standard InChI is InChI=1S/C29H53NO5S/c1-3-5-7-9-11-13-14-15-16-17-19-21-23-25-29(32)30-27(26-36(33,34)35)28(31)24-22-20-18-12-10-8-6-4-2/h5,7,11,13,15-16,27-28,31H,3-4,6,8-10,12,14,17-26H2,1-2H3,(H,30,32)(H,33,34,35)/b7-5-,13-11-,16-15-. The number of aliphatic hydroxyl groups excluding tert-OH is 1. The molecule has 0 radical (unpaired) electrons. The fourth-order valence-corrected chi connectivity index (χ4v) is 4.75. The van der Waals surface area contributed by atoms with Crippen LogP contribution < -0.4 is 5.32 Å². The van der Waals surface area contributed by atoms with Gasteiger partial charge in [0.1, 0.15) is 0 Å². The van der Waals surface area contributed by atoms with Crippen LogP contribution in [0.5, 0.6) is 0 Å². The number of hydrogen-bond acceptors (Lipinski definition) is 4. The van der Waals surface area contributed by atoms with Gasteiger partial charge in [-0.3, -0.25) is 9.35 Å². The maximum Gasteiger partial charge on any atom is 0.266 e. The maximum atomic E-state index is 12.3. The highest BCUT2D eigenvalue weighted by atomic mass is 32.2. The van der Waals surface area contributed by atoms with Gasteiger partial charge in [-0.25, -0.2) is 0 Å². The fraction of sp³-hybridized carbons (Fsp3) is 0.759. The molecule has 7 heteroatoms. The lowest BCUT2D eigenvalue weighted by molar-refractivity contribution is -0.122. The van der Waals surface area contributed by atoms with Crippen LogP contribution in [0.2, 0.25) is 0 Å². The van der Waals surface area contributed by atoms with Crippen LogP contribution in [0.3, 0.4) is 0 Å². The monoisotopic (exact) mass is 527 g/mol. The second kappa shape index (κ2) is 23.9. The van der Waals surface area contributed by atoms with Crippen molar-refractivity contribution in [2.24, 2.45) is 0 Å². The molecule has 0 aromatic rings. The summed E-state index contributed by atoms with van der Waals surface area (Å²) in [6.45, 7) is 4.32. The summed E-state index contributed by atoms with van der Waals surface area (Å²) < 4.78 is 32.0. The van der Waals surface area contributed by atoms with Gasteiger partial charge in [-0.15, -0.1) is 0 Å². The lowest BCUT2D eigenvalue weighted by Gasteiger charge is -2.23. The topological polar surface area (TPSA) is 104 Å².